The minimum absolute atomic E-state index is 0.589. The minimum atomic E-state index is 0.589. The van der Waals surface area contributed by atoms with Crippen LogP contribution < -0.4 is 9.13 Å². The molecule has 0 bridgehead atoms. The maximum absolute atomic E-state index is 2.44. The number of aromatic nitrogens is 4. The molecule has 2 heterocycles. The first-order valence-corrected chi connectivity index (χ1v) is 15.4. The normalized spacial score (nSPS) is 11.5. The number of imidazole rings is 2. The molecule has 0 saturated carbocycles. The molecule has 0 amide bonds. The van der Waals surface area contributed by atoms with E-state index < -0.39 is 0 Å². The van der Waals surface area contributed by atoms with E-state index in [1.54, 1.807) is 0 Å². The van der Waals surface area contributed by atoms with Crippen LogP contribution in [0.3, 0.4) is 0 Å². The predicted octanol–water partition coefficient (Wildman–Crippen LogP) is 5.51. The fourth-order valence-corrected chi connectivity index (χ4v) is 6.88. The molecule has 4 aromatic carbocycles. The Kier molecular flexibility index (Phi) is 7.16. The number of hydrogen-bond acceptors (Lipinski definition) is 0. The first kappa shape index (κ1) is 23.7. The van der Waals surface area contributed by atoms with Gasteiger partial charge >= 0.3 is 225 Å². The molecule has 37 heavy (non-hydrogen) atoms. The number of rotatable bonds is 10. The number of nitrogens with zero attached hydrogens (tertiary/aromatic N) is 4. The zero-order valence-electron chi connectivity index (χ0n) is 21.0. The Morgan fingerprint density at radius 2 is 0.892 bits per heavy atom. The predicted molar refractivity (Wildman–Crippen MR) is 151 cm³/mol. The van der Waals surface area contributed by atoms with E-state index in [9.17, 15) is 0 Å². The summed E-state index contributed by atoms with van der Waals surface area (Å²) >= 11 is 0.589. The zero-order chi connectivity index (χ0) is 24.9. The fraction of sp³-hybridized carbons (Fsp3) is 0.188. The quantitative estimate of drug-likeness (QED) is 0.121. The van der Waals surface area contributed by atoms with Crippen LogP contribution in [-0.2, 0) is 26.2 Å². The third-order valence-corrected chi connectivity index (χ3v) is 8.88. The molecule has 4 nitrogen and oxygen atoms in total. The van der Waals surface area contributed by atoms with Gasteiger partial charge in [0, 0.05) is 0 Å². The van der Waals surface area contributed by atoms with Crippen molar-refractivity contribution in [3.05, 3.63) is 133 Å². The van der Waals surface area contributed by atoms with E-state index in [1.807, 2.05) is 0 Å². The number of hydrogen-bond donors (Lipinski definition) is 0. The molecule has 0 aliphatic rings. The summed E-state index contributed by atoms with van der Waals surface area (Å²) in [6.45, 7) is 3.96. The monoisotopic (exact) mass is 552 g/mol. The van der Waals surface area contributed by atoms with E-state index in [0.29, 0.717) is 15.0 Å². The van der Waals surface area contributed by atoms with Gasteiger partial charge in [0.05, 0.1) is 0 Å². The molecular weight excluding hydrogens is 519 g/mol. The van der Waals surface area contributed by atoms with E-state index in [-0.39, 0.29) is 0 Å². The van der Waals surface area contributed by atoms with Gasteiger partial charge in [0.25, 0.3) is 0 Å². The van der Waals surface area contributed by atoms with Crippen molar-refractivity contribution in [2.24, 2.45) is 0 Å². The average molecular weight is 552 g/mol. The van der Waals surface area contributed by atoms with Gasteiger partial charge in [-0.3, -0.25) is 0 Å². The van der Waals surface area contributed by atoms with E-state index >= 15 is 0 Å². The van der Waals surface area contributed by atoms with Gasteiger partial charge in [-0.05, 0) is 0 Å². The summed E-state index contributed by atoms with van der Waals surface area (Å²) in [6.07, 6.45) is 4.61. The van der Waals surface area contributed by atoms with Crippen LogP contribution >= 0.6 is 0 Å². The van der Waals surface area contributed by atoms with Gasteiger partial charge in [0.15, 0.2) is 0 Å². The number of fused-ring (bicyclic) bond motifs is 2. The third kappa shape index (κ3) is 5.39. The fourth-order valence-electron chi connectivity index (χ4n) is 5.08. The molecule has 0 fully saturated rings. The van der Waals surface area contributed by atoms with Gasteiger partial charge < -0.3 is 0 Å². The van der Waals surface area contributed by atoms with Crippen molar-refractivity contribution in [1.29, 1.82) is 0 Å². The Morgan fingerprint density at radius 1 is 0.486 bits per heavy atom. The topological polar surface area (TPSA) is 17.6 Å². The van der Waals surface area contributed by atoms with Crippen molar-refractivity contribution >= 4 is 37.0 Å². The molecule has 0 saturated heterocycles. The van der Waals surface area contributed by atoms with Crippen molar-refractivity contribution in [3.8, 4) is 0 Å². The van der Waals surface area contributed by atoms with Gasteiger partial charge in [-0.25, -0.2) is 0 Å². The molecule has 2 aromatic heterocycles. The second kappa shape index (κ2) is 11.2. The molecule has 0 aliphatic heterocycles. The van der Waals surface area contributed by atoms with Crippen LogP contribution in [0.2, 0.25) is 10.6 Å². The molecule has 0 unspecified atom stereocenters. The summed E-state index contributed by atoms with van der Waals surface area (Å²) in [5.41, 5.74) is 7.94. The van der Waals surface area contributed by atoms with Crippen LogP contribution in [-0.4, -0.2) is 24.1 Å². The molecule has 5 heteroatoms. The van der Waals surface area contributed by atoms with E-state index in [0.717, 1.165) is 26.2 Å². The standard InChI is InChI=1S/C32H32N4Se/c1-3-11-27(12-4-1)23-35-25-33(29-15-7-9-17-31(29)35)19-21-37-22-20-34-26-36(24-28-13-5-2-6-14-28)32-18-10-8-16-30(32)34/h1-18,25-26H,19-24H2/q+2. The Morgan fingerprint density at radius 3 is 1.35 bits per heavy atom. The number of para-hydroxylation sites is 4. The number of aryl methyl sites for hydroxylation is 2. The first-order chi connectivity index (χ1) is 18.3. The summed E-state index contributed by atoms with van der Waals surface area (Å²) < 4.78 is 9.65. The van der Waals surface area contributed by atoms with Crippen LogP contribution in [0.1, 0.15) is 11.1 Å². The van der Waals surface area contributed by atoms with Crippen LogP contribution in [0, 0.1) is 0 Å². The Labute approximate surface area is 224 Å². The zero-order valence-corrected chi connectivity index (χ0v) is 22.7. The van der Waals surface area contributed by atoms with Crippen molar-refractivity contribution in [3.63, 3.8) is 0 Å². The summed E-state index contributed by atoms with van der Waals surface area (Å²) in [5, 5.41) is 2.47. The van der Waals surface area contributed by atoms with Crippen molar-refractivity contribution in [2.75, 3.05) is 0 Å². The SMILES string of the molecule is c1ccc(C[n+]2cn(CC[Se]CCn3c[n+](Cc4ccccc4)c4ccccc43)c3ccccc32)cc1. The summed E-state index contributed by atoms with van der Waals surface area (Å²) in [7, 11) is 0. The molecule has 6 rings (SSSR count). The summed E-state index contributed by atoms with van der Waals surface area (Å²) in [5.74, 6) is 0. The van der Waals surface area contributed by atoms with Crippen molar-refractivity contribution in [2.45, 2.75) is 36.8 Å². The van der Waals surface area contributed by atoms with Crippen LogP contribution in [0.15, 0.2) is 122 Å². The Hall–Kier alpha value is -3.66. The Balaban J connectivity index is 1.10. The molecule has 0 atom stereocenters. The molecule has 184 valence electrons. The second-order valence-corrected chi connectivity index (χ2v) is 12.0. The summed E-state index contributed by atoms with van der Waals surface area (Å²) in [4.78, 5) is 0. The third-order valence-electron chi connectivity index (χ3n) is 6.90. The summed E-state index contributed by atoms with van der Waals surface area (Å²) in [6, 6.07) is 39.0. The average Bonchev–Trinajstić information content (AvgIpc) is 3.48. The second-order valence-electron chi connectivity index (χ2n) is 9.43. The van der Waals surface area contributed by atoms with Gasteiger partial charge in [-0.2, -0.15) is 0 Å². The molecular formula is C32H32N4Se+2. The van der Waals surface area contributed by atoms with Crippen LogP contribution in [0.5, 0.6) is 0 Å². The van der Waals surface area contributed by atoms with Crippen LogP contribution in [0.25, 0.3) is 22.1 Å². The number of benzene rings is 4. The van der Waals surface area contributed by atoms with Crippen LogP contribution in [0.4, 0.5) is 0 Å². The van der Waals surface area contributed by atoms with Gasteiger partial charge in [0.2, 0.25) is 0 Å². The van der Waals surface area contributed by atoms with Gasteiger partial charge in [0.1, 0.15) is 0 Å². The van der Waals surface area contributed by atoms with Gasteiger partial charge in [-0.1, -0.05) is 0 Å². The first-order valence-electron chi connectivity index (χ1n) is 13.0. The van der Waals surface area contributed by atoms with Crippen molar-refractivity contribution in [1.82, 2.24) is 9.13 Å². The van der Waals surface area contributed by atoms with Crippen molar-refractivity contribution < 1.29 is 9.13 Å². The van der Waals surface area contributed by atoms with E-state index in [1.165, 1.54) is 43.8 Å². The molecule has 0 N–H and O–H groups in total. The van der Waals surface area contributed by atoms with E-state index in [2.05, 4.69) is 140 Å². The molecule has 6 aromatic rings. The molecule has 0 aliphatic carbocycles. The van der Waals surface area contributed by atoms with E-state index in [4.69, 9.17) is 0 Å². The maximum atomic E-state index is 2.44. The molecule has 0 radical (unpaired) electrons. The Bertz CT molecular complexity index is 1480. The molecule has 0 spiro atoms. The van der Waals surface area contributed by atoms with Gasteiger partial charge in [-0.15, -0.1) is 0 Å².